The summed E-state index contributed by atoms with van der Waals surface area (Å²) < 4.78 is 11.3. The van der Waals surface area contributed by atoms with Gasteiger partial charge in [0.1, 0.15) is 11.9 Å². The Hall–Kier alpha value is -1.79. The molecule has 0 spiro atoms. The maximum absolute atomic E-state index is 12.1. The van der Waals surface area contributed by atoms with Crippen LogP contribution in [0.15, 0.2) is 24.3 Å². The number of nitrogens with zero attached hydrogens (tertiary/aromatic N) is 1. The molecule has 6 nitrogen and oxygen atoms in total. The van der Waals surface area contributed by atoms with Crippen LogP contribution in [0, 0.1) is 5.92 Å². The summed E-state index contributed by atoms with van der Waals surface area (Å²) in [4.78, 5) is 14.4. The molecule has 2 saturated heterocycles. The van der Waals surface area contributed by atoms with Crippen molar-refractivity contribution in [2.45, 2.75) is 18.9 Å². The van der Waals surface area contributed by atoms with Crippen molar-refractivity contribution in [3.8, 4) is 5.75 Å². The molecule has 2 heterocycles. The van der Waals surface area contributed by atoms with Crippen molar-refractivity contribution in [1.29, 1.82) is 0 Å². The molecule has 2 aliphatic heterocycles. The van der Waals surface area contributed by atoms with Crippen LogP contribution in [0.3, 0.4) is 0 Å². The minimum Gasteiger partial charge on any atom is -0.486 e. The molecule has 0 saturated carbocycles. The summed E-state index contributed by atoms with van der Waals surface area (Å²) in [6, 6.07) is 7.34. The number of urea groups is 1. The highest BCUT2D eigenvalue weighted by Gasteiger charge is 2.21. The lowest BCUT2D eigenvalue weighted by Gasteiger charge is -2.17. The van der Waals surface area contributed by atoms with E-state index in [1.54, 1.807) is 0 Å². The van der Waals surface area contributed by atoms with Gasteiger partial charge in [0.15, 0.2) is 0 Å². The zero-order valence-electron chi connectivity index (χ0n) is 13.6. The number of carbonyl (C=O) groups is 1. The van der Waals surface area contributed by atoms with E-state index in [1.807, 2.05) is 24.3 Å². The zero-order valence-corrected chi connectivity index (χ0v) is 13.6. The first-order valence-corrected chi connectivity index (χ1v) is 8.27. The summed E-state index contributed by atoms with van der Waals surface area (Å²) in [6.45, 7) is 4.19. The summed E-state index contributed by atoms with van der Waals surface area (Å²) in [5.41, 5.74) is 0.695. The van der Waals surface area contributed by atoms with E-state index in [9.17, 15) is 4.79 Å². The Morgan fingerprint density at radius 1 is 1.39 bits per heavy atom. The molecule has 2 amide bonds. The van der Waals surface area contributed by atoms with Gasteiger partial charge in [0, 0.05) is 19.5 Å². The van der Waals surface area contributed by atoms with Crippen LogP contribution in [0.1, 0.15) is 12.8 Å². The minimum atomic E-state index is -0.182. The zero-order chi connectivity index (χ0) is 16.1. The lowest BCUT2D eigenvalue weighted by molar-refractivity contribution is 0.142. The molecule has 0 bridgehead atoms. The topological polar surface area (TPSA) is 62.8 Å². The Morgan fingerprint density at radius 2 is 2.26 bits per heavy atom. The van der Waals surface area contributed by atoms with Gasteiger partial charge in [-0.2, -0.15) is 0 Å². The number of carbonyl (C=O) groups excluding carboxylic acids is 1. The fourth-order valence-electron chi connectivity index (χ4n) is 3.05. The molecule has 2 fully saturated rings. The van der Waals surface area contributed by atoms with E-state index < -0.39 is 0 Å². The first-order chi connectivity index (χ1) is 11.2. The number of para-hydroxylation sites is 2. The number of hydrogen-bond acceptors (Lipinski definition) is 4. The molecular weight excluding hydrogens is 294 g/mol. The average molecular weight is 319 g/mol. The third kappa shape index (κ3) is 4.59. The van der Waals surface area contributed by atoms with Gasteiger partial charge in [-0.05, 0) is 38.1 Å². The maximum Gasteiger partial charge on any atom is 0.319 e. The molecule has 0 aromatic heterocycles. The van der Waals surface area contributed by atoms with Gasteiger partial charge in [-0.3, -0.25) is 0 Å². The van der Waals surface area contributed by atoms with E-state index in [-0.39, 0.29) is 12.1 Å². The lowest BCUT2D eigenvalue weighted by atomic mass is 10.1. The summed E-state index contributed by atoms with van der Waals surface area (Å²) >= 11 is 0. The molecule has 0 aliphatic carbocycles. The molecule has 1 aromatic carbocycles. The third-order valence-corrected chi connectivity index (χ3v) is 4.36. The molecule has 6 heteroatoms. The van der Waals surface area contributed by atoms with Crippen LogP contribution in [-0.4, -0.2) is 56.9 Å². The Morgan fingerprint density at radius 3 is 3.00 bits per heavy atom. The van der Waals surface area contributed by atoms with E-state index in [4.69, 9.17) is 9.47 Å². The third-order valence-electron chi connectivity index (χ3n) is 4.36. The quantitative estimate of drug-likeness (QED) is 0.870. The van der Waals surface area contributed by atoms with Gasteiger partial charge in [-0.15, -0.1) is 0 Å². The van der Waals surface area contributed by atoms with Crippen LogP contribution in [0.4, 0.5) is 10.5 Å². The van der Waals surface area contributed by atoms with E-state index in [1.165, 1.54) is 0 Å². The van der Waals surface area contributed by atoms with Gasteiger partial charge < -0.3 is 25.0 Å². The molecular formula is C17H25N3O3. The number of rotatable bonds is 5. The number of likely N-dealkylation sites (tertiary alicyclic amines) is 1. The second kappa shape index (κ2) is 7.66. The van der Waals surface area contributed by atoms with Crippen LogP contribution >= 0.6 is 0 Å². The highest BCUT2D eigenvalue weighted by Crippen LogP contribution is 2.26. The number of amides is 2. The number of ether oxygens (including phenoxy) is 2. The second-order valence-electron chi connectivity index (χ2n) is 6.35. The van der Waals surface area contributed by atoms with Crippen LogP contribution in [0.2, 0.25) is 0 Å². The van der Waals surface area contributed by atoms with Gasteiger partial charge in [-0.25, -0.2) is 4.79 Å². The molecule has 2 N–H and O–H groups in total. The molecule has 1 aromatic rings. The summed E-state index contributed by atoms with van der Waals surface area (Å²) in [7, 11) is 2.11. The Kier molecular flexibility index (Phi) is 5.35. The van der Waals surface area contributed by atoms with Crippen molar-refractivity contribution in [3.05, 3.63) is 24.3 Å². The van der Waals surface area contributed by atoms with E-state index >= 15 is 0 Å². The summed E-state index contributed by atoms with van der Waals surface area (Å²) in [5, 5.41) is 5.85. The molecule has 3 rings (SSSR count). The van der Waals surface area contributed by atoms with Crippen LogP contribution in [-0.2, 0) is 4.74 Å². The summed E-state index contributed by atoms with van der Waals surface area (Å²) in [6.07, 6.45) is 2.09. The van der Waals surface area contributed by atoms with Gasteiger partial charge in [0.25, 0.3) is 0 Å². The lowest BCUT2D eigenvalue weighted by Crippen LogP contribution is -2.34. The summed E-state index contributed by atoms with van der Waals surface area (Å²) in [5.74, 6) is 1.23. The fourth-order valence-corrected chi connectivity index (χ4v) is 3.05. The van der Waals surface area contributed by atoms with Crippen molar-refractivity contribution in [1.82, 2.24) is 10.2 Å². The number of nitrogens with one attached hydrogen (secondary N) is 2. The maximum atomic E-state index is 12.1. The van der Waals surface area contributed by atoms with Gasteiger partial charge in [-0.1, -0.05) is 12.1 Å². The highest BCUT2D eigenvalue weighted by molar-refractivity contribution is 5.90. The second-order valence-corrected chi connectivity index (χ2v) is 6.35. The standard InChI is InChI=1S/C17H25N3O3/c1-20-8-6-13(11-20)10-18-17(21)19-15-4-2-3-5-16(15)23-14-7-9-22-12-14/h2-5,13-14H,6-12H2,1H3,(H2,18,19,21)/t13-,14+/m0/s1. The predicted octanol–water partition coefficient (Wildman–Crippen LogP) is 1.93. The molecule has 0 radical (unpaired) electrons. The predicted molar refractivity (Wildman–Crippen MR) is 88.9 cm³/mol. The Balaban J connectivity index is 1.51. The van der Waals surface area contributed by atoms with Crippen molar-refractivity contribution >= 4 is 11.7 Å². The van der Waals surface area contributed by atoms with Crippen LogP contribution in [0.5, 0.6) is 5.75 Å². The molecule has 2 aliphatic rings. The molecule has 0 unspecified atom stereocenters. The average Bonchev–Trinajstić information content (AvgIpc) is 3.19. The first-order valence-electron chi connectivity index (χ1n) is 8.27. The molecule has 23 heavy (non-hydrogen) atoms. The SMILES string of the molecule is CN1CC[C@@H](CNC(=O)Nc2ccccc2O[C@@H]2CCOC2)C1. The van der Waals surface area contributed by atoms with Gasteiger partial charge >= 0.3 is 6.03 Å². The largest absolute Gasteiger partial charge is 0.486 e. The van der Waals surface area contributed by atoms with Crippen LogP contribution < -0.4 is 15.4 Å². The Bertz CT molecular complexity index is 532. The van der Waals surface area contributed by atoms with Gasteiger partial charge in [0.2, 0.25) is 0 Å². The normalized spacial score (nSPS) is 24.6. The van der Waals surface area contributed by atoms with E-state index in [2.05, 4.69) is 22.6 Å². The van der Waals surface area contributed by atoms with E-state index in [0.717, 1.165) is 32.5 Å². The van der Waals surface area contributed by atoms with Crippen molar-refractivity contribution < 1.29 is 14.3 Å². The number of benzene rings is 1. The molecule has 2 atom stereocenters. The minimum absolute atomic E-state index is 0.0648. The smallest absolute Gasteiger partial charge is 0.319 e. The Labute approximate surface area is 137 Å². The molecule has 126 valence electrons. The van der Waals surface area contributed by atoms with Gasteiger partial charge in [0.05, 0.1) is 18.9 Å². The first kappa shape index (κ1) is 16.1. The number of anilines is 1. The van der Waals surface area contributed by atoms with Crippen molar-refractivity contribution in [2.75, 3.05) is 45.2 Å². The highest BCUT2D eigenvalue weighted by atomic mass is 16.5. The van der Waals surface area contributed by atoms with Crippen LogP contribution in [0.25, 0.3) is 0 Å². The van der Waals surface area contributed by atoms with Crippen molar-refractivity contribution in [2.24, 2.45) is 5.92 Å². The monoisotopic (exact) mass is 319 g/mol. The fraction of sp³-hybridized carbons (Fsp3) is 0.588. The van der Waals surface area contributed by atoms with E-state index in [0.29, 0.717) is 30.5 Å². The number of hydrogen-bond donors (Lipinski definition) is 2. The van der Waals surface area contributed by atoms with Crippen molar-refractivity contribution in [3.63, 3.8) is 0 Å².